The fourth-order valence-corrected chi connectivity index (χ4v) is 3.02. The first-order chi connectivity index (χ1) is 9.33. The van der Waals surface area contributed by atoms with Crippen molar-refractivity contribution in [2.45, 2.75) is 6.54 Å². The molecule has 0 amide bonds. The normalized spacial score (nSPS) is 16.2. The van der Waals surface area contributed by atoms with Gasteiger partial charge in [0, 0.05) is 37.0 Å². The lowest BCUT2D eigenvalue weighted by atomic mass is 10.5. The van der Waals surface area contributed by atoms with E-state index in [1.54, 1.807) is 0 Å². The number of aliphatic imine (C=N–C) groups is 1. The SMILES string of the molecule is I.NC(=NCc1cn2ccccc2n1)N1CCSCC1. The Morgan fingerprint density at radius 3 is 2.90 bits per heavy atom. The van der Waals surface area contributed by atoms with Crippen molar-refractivity contribution in [2.24, 2.45) is 10.7 Å². The molecule has 20 heavy (non-hydrogen) atoms. The lowest BCUT2D eigenvalue weighted by molar-refractivity contribution is 0.455. The summed E-state index contributed by atoms with van der Waals surface area (Å²) < 4.78 is 2.00. The van der Waals surface area contributed by atoms with Crippen LogP contribution in [0, 0.1) is 0 Å². The quantitative estimate of drug-likeness (QED) is 0.472. The number of aromatic nitrogens is 2. The third kappa shape index (κ3) is 3.57. The predicted octanol–water partition coefficient (Wildman–Crippen LogP) is 1.82. The van der Waals surface area contributed by atoms with Crippen LogP contribution >= 0.6 is 35.7 Å². The lowest BCUT2D eigenvalue weighted by Crippen LogP contribution is -2.42. The second-order valence-corrected chi connectivity index (χ2v) is 5.70. The van der Waals surface area contributed by atoms with Gasteiger partial charge in [0.15, 0.2) is 5.96 Å². The van der Waals surface area contributed by atoms with Crippen LogP contribution in [0.3, 0.4) is 0 Å². The van der Waals surface area contributed by atoms with Gasteiger partial charge in [0.05, 0.1) is 12.2 Å². The number of hydrogen-bond donors (Lipinski definition) is 1. The molecule has 5 nitrogen and oxygen atoms in total. The molecule has 1 fully saturated rings. The molecule has 0 unspecified atom stereocenters. The molecular formula is C13H18IN5S. The van der Waals surface area contributed by atoms with Gasteiger partial charge in [-0.3, -0.25) is 0 Å². The van der Waals surface area contributed by atoms with E-state index in [0.29, 0.717) is 12.5 Å². The van der Waals surface area contributed by atoms with Gasteiger partial charge in [0.25, 0.3) is 0 Å². The summed E-state index contributed by atoms with van der Waals surface area (Å²) in [6.07, 6.45) is 3.99. The van der Waals surface area contributed by atoms with Crippen LogP contribution in [0.1, 0.15) is 5.69 Å². The zero-order valence-electron chi connectivity index (χ0n) is 11.1. The van der Waals surface area contributed by atoms with Crippen molar-refractivity contribution < 1.29 is 0 Å². The molecule has 2 aromatic heterocycles. The lowest BCUT2D eigenvalue weighted by Gasteiger charge is -2.27. The van der Waals surface area contributed by atoms with Crippen LogP contribution in [-0.4, -0.2) is 44.8 Å². The summed E-state index contributed by atoms with van der Waals surface area (Å²) >= 11 is 1.97. The van der Waals surface area contributed by atoms with E-state index in [1.807, 2.05) is 46.8 Å². The van der Waals surface area contributed by atoms with E-state index in [-0.39, 0.29) is 24.0 Å². The Morgan fingerprint density at radius 1 is 1.35 bits per heavy atom. The predicted molar refractivity (Wildman–Crippen MR) is 94.8 cm³/mol. The molecule has 3 rings (SSSR count). The molecule has 108 valence electrons. The minimum Gasteiger partial charge on any atom is -0.370 e. The van der Waals surface area contributed by atoms with Gasteiger partial charge in [0.2, 0.25) is 0 Å². The van der Waals surface area contributed by atoms with Gasteiger partial charge in [-0.05, 0) is 12.1 Å². The highest BCUT2D eigenvalue weighted by molar-refractivity contribution is 14.0. The Morgan fingerprint density at radius 2 is 2.15 bits per heavy atom. The van der Waals surface area contributed by atoms with Crippen molar-refractivity contribution in [1.29, 1.82) is 0 Å². The Labute approximate surface area is 139 Å². The Balaban J connectivity index is 0.00000147. The first kappa shape index (κ1) is 15.4. The second kappa shape index (κ2) is 7.16. The maximum absolute atomic E-state index is 6.02. The third-order valence-corrected chi connectivity index (χ3v) is 4.09. The highest BCUT2D eigenvalue weighted by Crippen LogP contribution is 2.09. The molecule has 7 heteroatoms. The van der Waals surface area contributed by atoms with E-state index in [1.165, 1.54) is 0 Å². The van der Waals surface area contributed by atoms with Gasteiger partial charge < -0.3 is 15.0 Å². The summed E-state index contributed by atoms with van der Waals surface area (Å²) in [5.74, 6) is 2.90. The molecule has 1 aliphatic rings. The Hall–Kier alpha value is -0.960. The molecule has 0 radical (unpaired) electrons. The third-order valence-electron chi connectivity index (χ3n) is 3.15. The van der Waals surface area contributed by atoms with E-state index in [9.17, 15) is 0 Å². The van der Waals surface area contributed by atoms with E-state index in [4.69, 9.17) is 5.73 Å². The van der Waals surface area contributed by atoms with Crippen molar-refractivity contribution in [1.82, 2.24) is 14.3 Å². The average Bonchev–Trinajstić information content (AvgIpc) is 2.88. The standard InChI is InChI=1S/C13H17N5S.HI/c14-13(17-5-7-19-8-6-17)15-9-11-10-18-4-2-1-3-12(18)16-11;/h1-4,10H,5-9H2,(H2,14,15);1H. The molecule has 2 aromatic rings. The fraction of sp³-hybridized carbons (Fsp3) is 0.385. The molecule has 1 aliphatic heterocycles. The molecule has 2 N–H and O–H groups in total. The summed E-state index contributed by atoms with van der Waals surface area (Å²) in [6, 6.07) is 5.95. The van der Waals surface area contributed by atoms with E-state index in [0.717, 1.165) is 35.9 Å². The van der Waals surface area contributed by atoms with Crippen LogP contribution in [0.25, 0.3) is 5.65 Å². The number of fused-ring (bicyclic) bond motifs is 1. The van der Waals surface area contributed by atoms with Crippen LogP contribution in [-0.2, 0) is 6.54 Å². The number of hydrogen-bond acceptors (Lipinski definition) is 3. The van der Waals surface area contributed by atoms with Crippen LogP contribution in [0.15, 0.2) is 35.6 Å². The number of thioether (sulfide) groups is 1. The number of guanidine groups is 1. The fourth-order valence-electron chi connectivity index (χ4n) is 2.12. The summed E-state index contributed by atoms with van der Waals surface area (Å²) in [7, 11) is 0. The second-order valence-electron chi connectivity index (χ2n) is 4.47. The smallest absolute Gasteiger partial charge is 0.191 e. The molecule has 0 aliphatic carbocycles. The molecule has 0 aromatic carbocycles. The maximum atomic E-state index is 6.02. The maximum Gasteiger partial charge on any atom is 0.191 e. The first-order valence-electron chi connectivity index (χ1n) is 6.38. The van der Waals surface area contributed by atoms with Gasteiger partial charge in [-0.2, -0.15) is 11.8 Å². The van der Waals surface area contributed by atoms with E-state index in [2.05, 4.69) is 14.9 Å². The van der Waals surface area contributed by atoms with Crippen LogP contribution < -0.4 is 5.73 Å². The zero-order valence-corrected chi connectivity index (χ0v) is 14.3. The minimum absolute atomic E-state index is 0. The molecular weight excluding hydrogens is 385 g/mol. The number of halogens is 1. The highest BCUT2D eigenvalue weighted by atomic mass is 127. The topological polar surface area (TPSA) is 58.9 Å². The summed E-state index contributed by atoms with van der Waals surface area (Å²) in [5, 5.41) is 0. The van der Waals surface area contributed by atoms with E-state index >= 15 is 0 Å². The van der Waals surface area contributed by atoms with Gasteiger partial charge in [-0.15, -0.1) is 24.0 Å². The summed E-state index contributed by atoms with van der Waals surface area (Å²) in [5.41, 5.74) is 7.91. The molecule has 0 atom stereocenters. The number of pyridine rings is 1. The molecule has 3 heterocycles. The van der Waals surface area contributed by atoms with Gasteiger partial charge in [0.1, 0.15) is 5.65 Å². The Bertz CT molecular complexity index is 558. The van der Waals surface area contributed by atoms with Crippen molar-refractivity contribution in [2.75, 3.05) is 24.6 Å². The molecule has 0 bridgehead atoms. The van der Waals surface area contributed by atoms with Crippen LogP contribution in [0.4, 0.5) is 0 Å². The van der Waals surface area contributed by atoms with Gasteiger partial charge in [-0.1, -0.05) is 6.07 Å². The minimum atomic E-state index is 0. The monoisotopic (exact) mass is 403 g/mol. The number of nitrogens with zero attached hydrogens (tertiary/aromatic N) is 4. The zero-order chi connectivity index (χ0) is 13.1. The van der Waals surface area contributed by atoms with Crippen LogP contribution in [0.2, 0.25) is 0 Å². The Kier molecular flexibility index (Phi) is 5.53. The molecule has 1 saturated heterocycles. The largest absolute Gasteiger partial charge is 0.370 e. The number of rotatable bonds is 2. The molecule has 0 saturated carbocycles. The van der Waals surface area contributed by atoms with E-state index < -0.39 is 0 Å². The van der Waals surface area contributed by atoms with Crippen molar-refractivity contribution in [3.63, 3.8) is 0 Å². The number of imidazole rings is 1. The first-order valence-corrected chi connectivity index (χ1v) is 7.53. The van der Waals surface area contributed by atoms with Crippen molar-refractivity contribution in [3.8, 4) is 0 Å². The average molecular weight is 403 g/mol. The molecule has 0 spiro atoms. The summed E-state index contributed by atoms with van der Waals surface area (Å²) in [6.45, 7) is 2.52. The van der Waals surface area contributed by atoms with Crippen molar-refractivity contribution >= 4 is 47.3 Å². The summed E-state index contributed by atoms with van der Waals surface area (Å²) in [4.78, 5) is 11.1. The van der Waals surface area contributed by atoms with Crippen LogP contribution in [0.5, 0.6) is 0 Å². The highest BCUT2D eigenvalue weighted by Gasteiger charge is 2.12. The van der Waals surface area contributed by atoms with Crippen molar-refractivity contribution in [3.05, 3.63) is 36.3 Å². The number of nitrogens with two attached hydrogens (primary N) is 1. The van der Waals surface area contributed by atoms with Gasteiger partial charge in [-0.25, -0.2) is 9.98 Å². The van der Waals surface area contributed by atoms with Gasteiger partial charge >= 0.3 is 0 Å².